The van der Waals surface area contributed by atoms with Gasteiger partial charge in [0.1, 0.15) is 22.9 Å². The lowest BCUT2D eigenvalue weighted by Crippen LogP contribution is -2.14. The van der Waals surface area contributed by atoms with Crippen LogP contribution in [0.15, 0.2) is 42.6 Å². The summed E-state index contributed by atoms with van der Waals surface area (Å²) >= 11 is 0. The minimum Gasteiger partial charge on any atom is -0.508 e. The molecule has 1 amide bonds. The number of aromatic hydroxyl groups is 1. The number of nitrogens with one attached hydrogen (secondary N) is 3. The number of phenols is 1. The van der Waals surface area contributed by atoms with Gasteiger partial charge < -0.3 is 26.2 Å². The highest BCUT2D eigenvalue weighted by Crippen LogP contribution is 2.37. The average molecular weight is 477 g/mol. The fourth-order valence-electron chi connectivity index (χ4n) is 4.93. The summed E-state index contributed by atoms with van der Waals surface area (Å²) < 4.78 is 14.5. The first-order valence-electron chi connectivity index (χ1n) is 12.0. The highest BCUT2D eigenvalue weighted by Gasteiger charge is 2.25. The highest BCUT2D eigenvalue weighted by molar-refractivity contribution is 6.15. The lowest BCUT2D eigenvalue weighted by Gasteiger charge is -2.16. The summed E-state index contributed by atoms with van der Waals surface area (Å²) in [6.45, 7) is 1.61. The quantitative estimate of drug-likeness (QED) is 0.306. The molecule has 5 N–H and O–H groups in total. The van der Waals surface area contributed by atoms with Crippen molar-refractivity contribution in [2.45, 2.75) is 51.6 Å². The van der Waals surface area contributed by atoms with Crippen molar-refractivity contribution in [2.24, 2.45) is 5.92 Å². The maximum atomic E-state index is 14.5. The normalized spacial score (nSPS) is 19.5. The predicted octanol–water partition coefficient (Wildman–Crippen LogP) is 5.77. The smallest absolute Gasteiger partial charge is 0.261 e. The number of hydrogen-bond donors (Lipinski definition) is 5. The number of benzene rings is 2. The number of hydrogen-bond acceptors (Lipinski definition) is 6. The van der Waals surface area contributed by atoms with Crippen molar-refractivity contribution in [3.05, 3.63) is 65.1 Å². The molecule has 2 aliphatic rings. The van der Waals surface area contributed by atoms with E-state index in [1.54, 1.807) is 13.0 Å². The number of aryl methyl sites for hydroxylation is 1. The van der Waals surface area contributed by atoms with Gasteiger partial charge in [-0.2, -0.15) is 0 Å². The number of nitrogens with zero attached hydrogens (tertiary/aromatic N) is 1. The van der Waals surface area contributed by atoms with Crippen LogP contribution in [0.25, 0.3) is 0 Å². The second-order valence-corrected chi connectivity index (χ2v) is 9.52. The van der Waals surface area contributed by atoms with Gasteiger partial charge in [-0.3, -0.25) is 4.79 Å². The Bertz CT molecular complexity index is 1280. The number of carbonyl (C=O) groups excluding carboxylic acids is 1. The molecule has 2 atom stereocenters. The Hall–Kier alpha value is -3.65. The Morgan fingerprint density at radius 1 is 1.06 bits per heavy atom. The van der Waals surface area contributed by atoms with Crippen LogP contribution < -0.4 is 16.0 Å². The van der Waals surface area contributed by atoms with E-state index in [1.165, 1.54) is 18.3 Å². The van der Waals surface area contributed by atoms with Gasteiger partial charge in [-0.1, -0.05) is 18.9 Å². The molecule has 1 saturated carbocycles. The molecular formula is C27H29FN4O3. The Kier molecular flexibility index (Phi) is 6.30. The summed E-state index contributed by atoms with van der Waals surface area (Å²) in [6, 6.07) is 10.1. The largest absolute Gasteiger partial charge is 0.508 e. The van der Waals surface area contributed by atoms with E-state index in [-0.39, 0.29) is 29.0 Å². The molecule has 7 nitrogen and oxygen atoms in total. The van der Waals surface area contributed by atoms with Crippen molar-refractivity contribution in [3.63, 3.8) is 0 Å². The van der Waals surface area contributed by atoms with E-state index in [0.29, 0.717) is 28.7 Å². The lowest BCUT2D eigenvalue weighted by molar-refractivity contribution is 0.102. The molecule has 182 valence electrons. The number of fused-ring (bicyclic) bond motifs is 2. The first kappa shape index (κ1) is 23.1. The van der Waals surface area contributed by atoms with E-state index in [1.807, 2.05) is 12.1 Å². The van der Waals surface area contributed by atoms with Crippen LogP contribution in [0, 0.1) is 18.7 Å². The summed E-state index contributed by atoms with van der Waals surface area (Å²) in [5, 5.41) is 29.1. The van der Waals surface area contributed by atoms with Gasteiger partial charge in [-0.05, 0) is 73.9 Å². The van der Waals surface area contributed by atoms with Gasteiger partial charge in [0.15, 0.2) is 0 Å². The molecule has 1 fully saturated rings. The molecule has 0 bridgehead atoms. The van der Waals surface area contributed by atoms with Crippen molar-refractivity contribution >= 4 is 34.5 Å². The molecule has 1 unspecified atom stereocenters. The number of phenolic OH excluding ortho intramolecular Hbond substituents is 1. The SMILES string of the molecule is Cc1cc(F)c(Nc2ccnc3c2C(=O)Nc2cc(CC4CCC[C@H](O)CC4)ccc2N3)cc1O. The second kappa shape index (κ2) is 9.54. The molecule has 0 radical (unpaired) electrons. The van der Waals surface area contributed by atoms with Gasteiger partial charge in [0.25, 0.3) is 5.91 Å². The Balaban J connectivity index is 1.40. The molecule has 5 rings (SSSR count). The summed E-state index contributed by atoms with van der Waals surface area (Å²) in [4.78, 5) is 17.6. The van der Waals surface area contributed by atoms with Crippen molar-refractivity contribution < 1.29 is 19.4 Å². The van der Waals surface area contributed by atoms with Crippen LogP contribution in [0.3, 0.4) is 0 Å². The van der Waals surface area contributed by atoms with Gasteiger partial charge in [0.2, 0.25) is 0 Å². The van der Waals surface area contributed by atoms with Crippen LogP contribution in [0.4, 0.5) is 33.0 Å². The summed E-state index contributed by atoms with van der Waals surface area (Å²) in [6.07, 6.45) is 7.06. The lowest BCUT2D eigenvalue weighted by atomic mass is 9.92. The number of halogens is 1. The maximum absolute atomic E-state index is 14.5. The van der Waals surface area contributed by atoms with Gasteiger partial charge >= 0.3 is 0 Å². The second-order valence-electron chi connectivity index (χ2n) is 9.52. The van der Waals surface area contributed by atoms with Crippen molar-refractivity contribution in [1.82, 2.24) is 4.98 Å². The molecule has 0 spiro atoms. The Labute approximate surface area is 203 Å². The maximum Gasteiger partial charge on any atom is 0.261 e. The van der Waals surface area contributed by atoms with Crippen LogP contribution in [-0.2, 0) is 6.42 Å². The van der Waals surface area contributed by atoms with Crippen molar-refractivity contribution in [2.75, 3.05) is 16.0 Å². The molecule has 2 aromatic carbocycles. The third-order valence-corrected chi connectivity index (χ3v) is 6.90. The van der Waals surface area contributed by atoms with E-state index >= 15 is 0 Å². The number of pyridine rings is 1. The number of aromatic nitrogens is 1. The Morgan fingerprint density at radius 2 is 1.91 bits per heavy atom. The molecule has 35 heavy (non-hydrogen) atoms. The number of carbonyl (C=O) groups is 1. The zero-order valence-corrected chi connectivity index (χ0v) is 19.6. The van der Waals surface area contributed by atoms with Crippen LogP contribution in [0.2, 0.25) is 0 Å². The molecule has 8 heteroatoms. The van der Waals surface area contributed by atoms with E-state index in [9.17, 15) is 19.4 Å². The fourth-order valence-corrected chi connectivity index (χ4v) is 4.93. The van der Waals surface area contributed by atoms with Crippen LogP contribution in [-0.4, -0.2) is 27.2 Å². The minimum absolute atomic E-state index is 0.0419. The summed E-state index contributed by atoms with van der Waals surface area (Å²) in [7, 11) is 0. The van der Waals surface area contributed by atoms with E-state index in [2.05, 4.69) is 27.0 Å². The van der Waals surface area contributed by atoms with Gasteiger partial charge in [0.05, 0.1) is 28.9 Å². The Morgan fingerprint density at radius 3 is 2.77 bits per heavy atom. The zero-order valence-electron chi connectivity index (χ0n) is 19.6. The minimum atomic E-state index is -0.535. The monoisotopic (exact) mass is 476 g/mol. The summed E-state index contributed by atoms with van der Waals surface area (Å²) in [5.41, 5.74) is 3.61. The molecule has 1 aliphatic carbocycles. The highest BCUT2D eigenvalue weighted by atomic mass is 19.1. The average Bonchev–Trinajstić information content (AvgIpc) is 3.11. The summed E-state index contributed by atoms with van der Waals surface area (Å²) in [5.74, 6) is -0.0801. The van der Waals surface area contributed by atoms with Crippen LogP contribution >= 0.6 is 0 Å². The molecule has 1 aliphatic heterocycles. The van der Waals surface area contributed by atoms with Gasteiger partial charge in [-0.15, -0.1) is 0 Å². The predicted molar refractivity (Wildman–Crippen MR) is 134 cm³/mol. The van der Waals surface area contributed by atoms with Crippen LogP contribution in [0.5, 0.6) is 5.75 Å². The first-order chi connectivity index (χ1) is 16.9. The standard InChI is InChI=1S/C27H29FN4O3/c1-15-11-19(28)22(14-24(15)34)30-21-9-10-29-26-25(21)27(35)32-23-13-17(6-8-20(23)31-26)12-16-3-2-4-18(33)7-5-16/h6,8-11,13-14,16,18,33-34H,2-5,7,12H2,1H3,(H,32,35)(H2,29,30,31)/t16?,18-/m0/s1. The molecule has 3 aromatic rings. The third-order valence-electron chi connectivity index (χ3n) is 6.90. The molecular weight excluding hydrogens is 447 g/mol. The van der Waals surface area contributed by atoms with E-state index in [4.69, 9.17) is 0 Å². The molecule has 1 aromatic heterocycles. The number of rotatable bonds is 4. The third kappa shape index (κ3) is 4.93. The fraction of sp³-hybridized carbons (Fsp3) is 0.333. The van der Waals surface area contributed by atoms with Gasteiger partial charge in [0, 0.05) is 12.3 Å². The van der Waals surface area contributed by atoms with Crippen LogP contribution in [0.1, 0.15) is 53.6 Å². The topological polar surface area (TPSA) is 107 Å². The van der Waals surface area contributed by atoms with E-state index < -0.39 is 5.82 Å². The number of anilines is 5. The van der Waals surface area contributed by atoms with Crippen molar-refractivity contribution in [1.29, 1.82) is 0 Å². The first-order valence-corrected chi connectivity index (χ1v) is 12.0. The zero-order chi connectivity index (χ0) is 24.5. The number of amides is 1. The van der Waals surface area contributed by atoms with Crippen molar-refractivity contribution in [3.8, 4) is 5.75 Å². The van der Waals surface area contributed by atoms with Gasteiger partial charge in [-0.25, -0.2) is 9.37 Å². The number of aliphatic hydroxyl groups is 1. The van der Waals surface area contributed by atoms with E-state index in [0.717, 1.165) is 49.8 Å². The number of aliphatic hydroxyl groups excluding tert-OH is 1. The molecule has 2 heterocycles. The molecule has 0 saturated heterocycles.